The zero-order valence-corrected chi connectivity index (χ0v) is 12.6. The maximum Gasteiger partial charge on any atom is 0.321 e. The first-order valence-corrected chi connectivity index (χ1v) is 6.54. The minimum absolute atomic E-state index is 0.0600. The van der Waals surface area contributed by atoms with Gasteiger partial charge in [0.1, 0.15) is 10.2 Å². The monoisotopic (exact) mass is 329 g/mol. The summed E-state index contributed by atoms with van der Waals surface area (Å²) in [6, 6.07) is 3.42. The molecule has 0 bridgehead atoms. The Balaban J connectivity index is 2.81. The predicted octanol–water partition coefficient (Wildman–Crippen LogP) is 2.43. The summed E-state index contributed by atoms with van der Waals surface area (Å²) in [4.78, 5) is 27.0. The van der Waals surface area contributed by atoms with Gasteiger partial charge in [-0.2, -0.15) is 0 Å². The molecule has 0 aliphatic heterocycles. The largest absolute Gasteiger partial charge is 0.481 e. The number of pyridine rings is 1. The van der Waals surface area contributed by atoms with Crippen LogP contribution >= 0.6 is 15.9 Å². The van der Waals surface area contributed by atoms with Crippen molar-refractivity contribution in [2.75, 3.05) is 0 Å². The van der Waals surface area contributed by atoms with Crippen LogP contribution in [0.1, 0.15) is 26.3 Å². The summed E-state index contributed by atoms with van der Waals surface area (Å²) in [5, 5.41) is 9.13. The highest BCUT2D eigenvalue weighted by atomic mass is 79.9. The lowest BCUT2D eigenvalue weighted by Gasteiger charge is -2.22. The second kappa shape index (κ2) is 6.14. The van der Waals surface area contributed by atoms with E-state index in [1.54, 1.807) is 32.9 Å². The standard InChI is InChI=1S/C13H16BrNO4/c1-13(2,3)19-12(18)9(11(16)17)6-8-4-5-10(14)15-7-8/h4-5,7,9H,6H2,1-3H3,(H,16,17)/t9-/m1/s1. The topological polar surface area (TPSA) is 76.5 Å². The molecule has 0 amide bonds. The van der Waals surface area contributed by atoms with Crippen molar-refractivity contribution in [1.29, 1.82) is 0 Å². The molecular weight excluding hydrogens is 314 g/mol. The predicted molar refractivity (Wildman–Crippen MR) is 72.6 cm³/mol. The van der Waals surface area contributed by atoms with E-state index >= 15 is 0 Å². The maximum atomic E-state index is 11.8. The second-order valence-electron chi connectivity index (χ2n) is 5.12. The van der Waals surface area contributed by atoms with Crippen molar-refractivity contribution in [1.82, 2.24) is 4.98 Å². The van der Waals surface area contributed by atoms with Gasteiger partial charge in [0, 0.05) is 6.20 Å². The van der Waals surface area contributed by atoms with Gasteiger partial charge in [-0.3, -0.25) is 9.59 Å². The molecule has 0 aliphatic carbocycles. The molecule has 0 aromatic carbocycles. The van der Waals surface area contributed by atoms with Crippen LogP contribution < -0.4 is 0 Å². The van der Waals surface area contributed by atoms with Gasteiger partial charge in [-0.1, -0.05) is 6.07 Å². The third kappa shape index (κ3) is 5.38. The SMILES string of the molecule is CC(C)(C)OC(=O)[C@H](Cc1ccc(Br)nc1)C(=O)O. The van der Waals surface area contributed by atoms with E-state index in [4.69, 9.17) is 9.84 Å². The molecule has 1 rings (SSSR count). The van der Waals surface area contributed by atoms with Crippen LogP contribution in [-0.2, 0) is 20.7 Å². The van der Waals surface area contributed by atoms with Gasteiger partial charge >= 0.3 is 11.9 Å². The summed E-state index contributed by atoms with van der Waals surface area (Å²) in [6.45, 7) is 5.10. The van der Waals surface area contributed by atoms with E-state index < -0.39 is 23.5 Å². The first kappa shape index (κ1) is 15.6. The van der Waals surface area contributed by atoms with E-state index in [-0.39, 0.29) is 6.42 Å². The Kier molecular flexibility index (Phi) is 5.05. The number of esters is 1. The number of halogens is 1. The van der Waals surface area contributed by atoms with Gasteiger partial charge in [-0.05, 0) is 54.8 Å². The Hall–Kier alpha value is -1.43. The van der Waals surface area contributed by atoms with E-state index in [1.807, 2.05) is 0 Å². The lowest BCUT2D eigenvalue weighted by Crippen LogP contribution is -2.34. The molecule has 0 fully saturated rings. The zero-order chi connectivity index (χ0) is 14.6. The first-order valence-electron chi connectivity index (χ1n) is 5.75. The molecule has 1 N–H and O–H groups in total. The highest BCUT2D eigenvalue weighted by Crippen LogP contribution is 2.16. The quantitative estimate of drug-likeness (QED) is 0.521. The van der Waals surface area contributed by atoms with Crippen LogP contribution in [0.2, 0.25) is 0 Å². The van der Waals surface area contributed by atoms with Gasteiger partial charge in [0.25, 0.3) is 0 Å². The minimum atomic E-state index is -1.22. The van der Waals surface area contributed by atoms with Crippen LogP contribution in [-0.4, -0.2) is 27.6 Å². The van der Waals surface area contributed by atoms with Crippen molar-refractivity contribution >= 4 is 27.9 Å². The van der Waals surface area contributed by atoms with Gasteiger partial charge in [0.05, 0.1) is 0 Å². The molecule has 1 aromatic heterocycles. The number of aromatic nitrogens is 1. The number of ether oxygens (including phenoxy) is 1. The molecule has 6 heteroatoms. The van der Waals surface area contributed by atoms with Crippen molar-refractivity contribution < 1.29 is 19.4 Å². The number of carbonyl (C=O) groups excluding carboxylic acids is 1. The van der Waals surface area contributed by atoms with Gasteiger partial charge < -0.3 is 9.84 Å². The van der Waals surface area contributed by atoms with Crippen molar-refractivity contribution in [3.63, 3.8) is 0 Å². The third-order valence-corrected chi connectivity index (χ3v) is 2.69. The number of carboxylic acid groups (broad SMARTS) is 1. The summed E-state index contributed by atoms with van der Waals surface area (Å²) >= 11 is 3.19. The van der Waals surface area contributed by atoms with Crippen LogP contribution in [0.4, 0.5) is 0 Å². The lowest BCUT2D eigenvalue weighted by molar-refractivity contribution is -0.166. The highest BCUT2D eigenvalue weighted by molar-refractivity contribution is 9.10. The normalized spacial score (nSPS) is 12.8. The number of carboxylic acids is 1. The van der Waals surface area contributed by atoms with Crippen LogP contribution in [0.15, 0.2) is 22.9 Å². The number of hydrogen-bond donors (Lipinski definition) is 1. The van der Waals surface area contributed by atoms with Crippen LogP contribution in [0.3, 0.4) is 0 Å². The van der Waals surface area contributed by atoms with Crippen LogP contribution in [0, 0.1) is 5.92 Å². The third-order valence-electron chi connectivity index (χ3n) is 2.22. The Morgan fingerprint density at radius 3 is 2.47 bits per heavy atom. The van der Waals surface area contributed by atoms with Crippen molar-refractivity contribution in [3.05, 3.63) is 28.5 Å². The number of carbonyl (C=O) groups is 2. The Morgan fingerprint density at radius 2 is 2.05 bits per heavy atom. The first-order chi connectivity index (χ1) is 8.69. The van der Waals surface area contributed by atoms with Gasteiger partial charge in [0.2, 0.25) is 0 Å². The summed E-state index contributed by atoms with van der Waals surface area (Å²) in [7, 11) is 0. The van der Waals surface area contributed by atoms with E-state index in [0.29, 0.717) is 10.2 Å². The van der Waals surface area contributed by atoms with Crippen LogP contribution in [0.5, 0.6) is 0 Å². The summed E-state index contributed by atoms with van der Waals surface area (Å²) in [6.07, 6.45) is 1.59. The highest BCUT2D eigenvalue weighted by Gasteiger charge is 2.31. The fourth-order valence-corrected chi connectivity index (χ4v) is 1.64. The lowest BCUT2D eigenvalue weighted by atomic mass is 10.0. The summed E-state index contributed by atoms with van der Waals surface area (Å²) in [5.74, 6) is -3.15. The molecule has 104 valence electrons. The minimum Gasteiger partial charge on any atom is -0.481 e. The number of rotatable bonds is 4. The van der Waals surface area contributed by atoms with Gasteiger partial charge in [-0.25, -0.2) is 4.98 Å². The summed E-state index contributed by atoms with van der Waals surface area (Å²) < 4.78 is 5.76. The number of hydrogen-bond acceptors (Lipinski definition) is 4. The van der Waals surface area contributed by atoms with Crippen molar-refractivity contribution in [2.24, 2.45) is 5.92 Å². The average Bonchev–Trinajstić information content (AvgIpc) is 2.25. The molecule has 0 unspecified atom stereocenters. The van der Waals surface area contributed by atoms with E-state index in [1.165, 1.54) is 6.20 Å². The molecule has 0 aliphatic rings. The molecule has 0 spiro atoms. The van der Waals surface area contributed by atoms with Crippen molar-refractivity contribution in [3.8, 4) is 0 Å². The average molecular weight is 330 g/mol. The molecule has 5 nitrogen and oxygen atoms in total. The van der Waals surface area contributed by atoms with Gasteiger partial charge in [0.15, 0.2) is 5.92 Å². The number of aliphatic carboxylic acids is 1. The maximum absolute atomic E-state index is 11.8. The Bertz CT molecular complexity index is 465. The smallest absolute Gasteiger partial charge is 0.321 e. The van der Waals surface area contributed by atoms with E-state index in [2.05, 4.69) is 20.9 Å². The zero-order valence-electron chi connectivity index (χ0n) is 11.0. The Labute approximate surface area is 120 Å². The summed E-state index contributed by atoms with van der Waals surface area (Å²) in [5.41, 5.74) is -0.0376. The molecule has 1 aromatic rings. The Morgan fingerprint density at radius 1 is 1.42 bits per heavy atom. The molecule has 19 heavy (non-hydrogen) atoms. The van der Waals surface area contributed by atoms with Crippen molar-refractivity contribution in [2.45, 2.75) is 32.8 Å². The molecule has 0 saturated heterocycles. The molecule has 1 heterocycles. The number of nitrogens with zero attached hydrogens (tertiary/aromatic N) is 1. The second-order valence-corrected chi connectivity index (χ2v) is 5.93. The van der Waals surface area contributed by atoms with Gasteiger partial charge in [-0.15, -0.1) is 0 Å². The molecule has 0 saturated carbocycles. The molecular formula is C13H16BrNO4. The fraction of sp³-hybridized carbons (Fsp3) is 0.462. The van der Waals surface area contributed by atoms with Crippen LogP contribution in [0.25, 0.3) is 0 Å². The fourth-order valence-electron chi connectivity index (χ4n) is 1.41. The molecule has 0 radical (unpaired) electrons. The van der Waals surface area contributed by atoms with E-state index in [9.17, 15) is 9.59 Å². The molecule has 1 atom stereocenters. The van der Waals surface area contributed by atoms with E-state index in [0.717, 1.165) is 0 Å².